The SMILES string of the molecule is CC(C)OC(=O)OCSP1(=O)OCC2O[C@@H](n3cnc4c(=O)[nH]c(N)nc43)C(OP(=O)(SCOC(=O)OC(C)C)OCC3OC(n4cnc5c(=O)[nH]c(N)nc54)C(F)C3O1)C2O. The van der Waals surface area contributed by atoms with Crippen molar-refractivity contribution in [2.45, 2.75) is 89.1 Å². The Kier molecular flexibility index (Phi) is 13.6. The standard InChI is InChI=1S/C30H39FN10O17P2S2/c1-11(2)53-29(45)49-9-61-59(47)51-5-13-18(42)20(26(55-13)41-8-35-17-22(41)37-28(33)39-24(17)44)58-60(48,62-10-50-30(46)54-12(3)4)52-6-14-19(57-59)15(31)25(56-14)40-7-34-16-21(40)36-27(32)38-23(16)43/h7-8,11-15,18-20,25-26,42H,5-6,9-10H2,1-4H3,(H3,32,36,38,43)(H3,33,37,39,44)/t13?,14?,15?,18?,19?,20?,25?,26-,59?,60?/m1/s1. The molecule has 0 aromatic carbocycles. The van der Waals surface area contributed by atoms with Crippen molar-refractivity contribution in [3.63, 3.8) is 0 Å². The number of alkyl halides is 1. The number of aliphatic hydroxyl groups is 1. The number of nitrogens with zero attached hydrogens (tertiary/aromatic N) is 6. The van der Waals surface area contributed by atoms with Gasteiger partial charge < -0.3 is 45.0 Å². The molecule has 32 heteroatoms. The van der Waals surface area contributed by atoms with Crippen LogP contribution in [0.1, 0.15) is 40.2 Å². The Balaban J connectivity index is 1.27. The number of anilines is 2. The second-order valence-corrected chi connectivity index (χ2v) is 21.8. The predicted octanol–water partition coefficient (Wildman–Crippen LogP) is 2.45. The maximum atomic E-state index is 16.9. The maximum Gasteiger partial charge on any atom is 0.509 e. The molecule has 7 N–H and O–H groups in total. The van der Waals surface area contributed by atoms with Crippen LogP contribution < -0.4 is 22.6 Å². The lowest BCUT2D eigenvalue weighted by Gasteiger charge is -2.28. The van der Waals surface area contributed by atoms with Crippen LogP contribution in [-0.2, 0) is 55.6 Å². The van der Waals surface area contributed by atoms with Gasteiger partial charge in [0.25, 0.3) is 11.1 Å². The number of rotatable bonds is 10. The third-order valence-electron chi connectivity index (χ3n) is 8.76. The summed E-state index contributed by atoms with van der Waals surface area (Å²) in [6, 6.07) is 0. The molecule has 0 aliphatic carbocycles. The van der Waals surface area contributed by atoms with E-state index >= 15 is 4.39 Å². The molecule has 7 heterocycles. The zero-order chi connectivity index (χ0) is 44.7. The molecule has 62 heavy (non-hydrogen) atoms. The van der Waals surface area contributed by atoms with Gasteiger partial charge in [0.15, 0.2) is 52.8 Å². The molecular weight excluding hydrogens is 917 g/mol. The molecule has 0 spiro atoms. The van der Waals surface area contributed by atoms with E-state index in [1.54, 1.807) is 27.7 Å². The lowest BCUT2D eigenvalue weighted by atomic mass is 10.1. The molecule has 0 amide bonds. The van der Waals surface area contributed by atoms with Crippen LogP contribution in [0.5, 0.6) is 0 Å². The third kappa shape index (κ3) is 9.89. The van der Waals surface area contributed by atoms with E-state index in [1.165, 1.54) is 0 Å². The van der Waals surface area contributed by atoms with Crippen LogP contribution in [0.25, 0.3) is 22.3 Å². The van der Waals surface area contributed by atoms with Gasteiger partial charge >= 0.3 is 25.9 Å². The highest BCUT2D eigenvalue weighted by molar-refractivity contribution is 8.55. The number of carbonyl (C=O) groups is 2. The molecule has 3 fully saturated rings. The average molecular weight is 957 g/mol. The second kappa shape index (κ2) is 18.4. The fourth-order valence-corrected chi connectivity index (χ4v) is 11.7. The monoisotopic (exact) mass is 956 g/mol. The van der Waals surface area contributed by atoms with Gasteiger partial charge in [-0.2, -0.15) is 9.97 Å². The first kappa shape index (κ1) is 45.7. The lowest BCUT2D eigenvalue weighted by molar-refractivity contribution is -0.0569. The average Bonchev–Trinajstić information content (AvgIpc) is 3.94. The number of ether oxygens (including phenoxy) is 6. The van der Waals surface area contributed by atoms with Crippen LogP contribution in [0.3, 0.4) is 0 Å². The topological polar surface area (TPSA) is 360 Å². The number of H-pyrrole nitrogens is 2. The van der Waals surface area contributed by atoms with Crippen molar-refractivity contribution in [3.05, 3.63) is 33.4 Å². The summed E-state index contributed by atoms with van der Waals surface area (Å²) < 4.78 is 104. The molecule has 4 aromatic rings. The van der Waals surface area contributed by atoms with Gasteiger partial charge in [-0.3, -0.25) is 46.8 Å². The van der Waals surface area contributed by atoms with Crippen molar-refractivity contribution >= 4 is 82.9 Å². The van der Waals surface area contributed by atoms with Crippen molar-refractivity contribution in [1.82, 2.24) is 39.0 Å². The number of hydrogen-bond acceptors (Lipinski definition) is 25. The Morgan fingerprint density at radius 1 is 0.823 bits per heavy atom. The molecule has 7 rings (SSSR count). The molecule has 3 saturated heterocycles. The molecule has 3 aliphatic heterocycles. The largest absolute Gasteiger partial charge is 0.509 e. The molecule has 0 saturated carbocycles. The number of halogens is 1. The van der Waals surface area contributed by atoms with Crippen LogP contribution in [-0.4, -0.2) is 130 Å². The Bertz CT molecular complexity index is 2530. The highest BCUT2D eigenvalue weighted by Crippen LogP contribution is 2.66. The van der Waals surface area contributed by atoms with Crippen LogP contribution in [0.4, 0.5) is 25.9 Å². The summed E-state index contributed by atoms with van der Waals surface area (Å²) in [5.74, 6) is -2.12. The summed E-state index contributed by atoms with van der Waals surface area (Å²) >= 11 is 0.585. The normalized spacial score (nSPS) is 30.5. The number of nitrogens with two attached hydrogens (primary N) is 2. The summed E-state index contributed by atoms with van der Waals surface area (Å²) in [4.78, 5) is 70.5. The van der Waals surface area contributed by atoms with Gasteiger partial charge in [-0.15, -0.1) is 0 Å². The number of aromatic nitrogens is 8. The predicted molar refractivity (Wildman–Crippen MR) is 211 cm³/mol. The quantitative estimate of drug-likeness (QED) is 0.0865. The Morgan fingerprint density at radius 2 is 1.27 bits per heavy atom. The molecule has 27 nitrogen and oxygen atoms in total. The van der Waals surface area contributed by atoms with Gasteiger partial charge in [0, 0.05) is 22.8 Å². The molecule has 10 atom stereocenters. The van der Waals surface area contributed by atoms with Gasteiger partial charge in [-0.25, -0.2) is 33.1 Å². The number of aromatic amines is 2. The van der Waals surface area contributed by atoms with Gasteiger partial charge in [-0.05, 0) is 27.7 Å². The van der Waals surface area contributed by atoms with E-state index in [0.29, 0.717) is 11.4 Å². The molecular formula is C30H39FN10O17P2S2. The number of fused-ring (bicyclic) bond motifs is 5. The summed E-state index contributed by atoms with van der Waals surface area (Å²) in [5, 5.41) is 11.7. The lowest BCUT2D eigenvalue weighted by Crippen LogP contribution is -2.35. The number of hydrogen-bond donors (Lipinski definition) is 5. The first-order chi connectivity index (χ1) is 29.3. The van der Waals surface area contributed by atoms with E-state index in [0.717, 1.165) is 21.8 Å². The Morgan fingerprint density at radius 3 is 1.77 bits per heavy atom. The third-order valence-corrected chi connectivity index (χ3v) is 15.5. The summed E-state index contributed by atoms with van der Waals surface area (Å²) in [7, 11) is 0. The number of nitrogens with one attached hydrogen (secondary N) is 2. The van der Waals surface area contributed by atoms with Crippen molar-refractivity contribution in [1.29, 1.82) is 0 Å². The first-order valence-corrected chi connectivity index (χ1v) is 24.5. The van der Waals surface area contributed by atoms with Crippen LogP contribution >= 0.6 is 36.4 Å². The fourth-order valence-electron chi connectivity index (χ4n) is 6.18. The van der Waals surface area contributed by atoms with E-state index in [1.807, 2.05) is 0 Å². The van der Waals surface area contributed by atoms with Gasteiger partial charge in [0.2, 0.25) is 11.9 Å². The minimum absolute atomic E-state index is 0.162. The Labute approximate surface area is 354 Å². The number of aliphatic hydroxyl groups excluding tert-OH is 1. The Hall–Kier alpha value is -4.35. The number of imidazole rings is 2. The zero-order valence-electron chi connectivity index (χ0n) is 32.7. The van der Waals surface area contributed by atoms with Crippen molar-refractivity contribution in [3.8, 4) is 0 Å². The molecule has 9 unspecified atom stereocenters. The molecule has 3 aliphatic rings. The van der Waals surface area contributed by atoms with Gasteiger partial charge in [0.05, 0.1) is 38.1 Å². The first-order valence-electron chi connectivity index (χ1n) is 18.2. The molecule has 4 aromatic heterocycles. The van der Waals surface area contributed by atoms with E-state index in [2.05, 4.69) is 29.9 Å². The molecule has 340 valence electrons. The van der Waals surface area contributed by atoms with E-state index < -0.39 is 123 Å². The van der Waals surface area contributed by atoms with E-state index in [-0.39, 0.29) is 45.6 Å². The minimum atomic E-state index is -4.79. The highest BCUT2D eigenvalue weighted by Gasteiger charge is 2.55. The minimum Gasteiger partial charge on any atom is -0.432 e. The zero-order valence-corrected chi connectivity index (χ0v) is 36.1. The van der Waals surface area contributed by atoms with E-state index in [9.17, 15) is 33.4 Å². The maximum absolute atomic E-state index is 16.9. The van der Waals surface area contributed by atoms with Gasteiger partial charge in [0.1, 0.15) is 30.5 Å². The highest BCUT2D eigenvalue weighted by atomic mass is 32.7. The number of nitrogen functional groups attached to an aromatic ring is 2. The smallest absolute Gasteiger partial charge is 0.432 e. The second-order valence-electron chi connectivity index (χ2n) is 13.9. The van der Waals surface area contributed by atoms with Crippen LogP contribution in [0.15, 0.2) is 22.2 Å². The molecule has 0 radical (unpaired) electrons. The van der Waals surface area contributed by atoms with Crippen LogP contribution in [0.2, 0.25) is 0 Å². The summed E-state index contributed by atoms with van der Waals surface area (Å²) in [6.07, 6.45) is -15.7. The summed E-state index contributed by atoms with van der Waals surface area (Å²) in [6.45, 7) is -5.06. The number of carbonyl (C=O) groups excluding carboxylic acids is 2. The van der Waals surface area contributed by atoms with Crippen molar-refractivity contribution in [2.24, 2.45) is 0 Å². The van der Waals surface area contributed by atoms with E-state index in [4.69, 9.17) is 58.0 Å². The molecule has 2 bridgehead atoms. The van der Waals surface area contributed by atoms with Gasteiger partial charge in [-0.1, -0.05) is 0 Å². The van der Waals surface area contributed by atoms with Crippen molar-refractivity contribution in [2.75, 3.05) is 36.6 Å². The fraction of sp³-hybridized carbons (Fsp3) is 0.600. The van der Waals surface area contributed by atoms with Crippen LogP contribution in [0, 0.1) is 0 Å². The summed E-state index contributed by atoms with van der Waals surface area (Å²) in [5.41, 5.74) is 9.22. The van der Waals surface area contributed by atoms with Crippen molar-refractivity contribution < 1.29 is 74.7 Å².